The third kappa shape index (κ3) is 4.86. The smallest absolute Gasteiger partial charge is 0.319 e. The van der Waals surface area contributed by atoms with Crippen LogP contribution >= 0.6 is 0 Å². The quantitative estimate of drug-likeness (QED) is 0.449. The molecule has 3 aromatic carbocycles. The standard InChI is InChI=1S/C24H21N3O3/c28-23-22-11-10-20(14-19(22)12-13-25-23)27-24(29)26-15-17-6-8-18(9-7-17)16-30-21-4-2-1-3-5-21/h1-14H,15-16H2,(H,25,28)(H2,26,27,29). The van der Waals surface area contributed by atoms with E-state index in [1.54, 1.807) is 30.5 Å². The van der Waals surface area contributed by atoms with Gasteiger partial charge in [0.1, 0.15) is 12.4 Å². The number of H-pyrrole nitrogens is 1. The lowest BCUT2D eigenvalue weighted by atomic mass is 10.1. The summed E-state index contributed by atoms with van der Waals surface area (Å²) in [5.41, 5.74) is 2.51. The predicted molar refractivity (Wildman–Crippen MR) is 118 cm³/mol. The Bertz CT molecular complexity index is 1200. The number of amides is 2. The molecule has 4 aromatic rings. The molecule has 6 nitrogen and oxygen atoms in total. The van der Waals surface area contributed by atoms with Gasteiger partial charge < -0.3 is 20.4 Å². The maximum absolute atomic E-state index is 12.2. The number of anilines is 1. The Morgan fingerprint density at radius 2 is 1.67 bits per heavy atom. The Kier molecular flexibility index (Phi) is 5.75. The largest absolute Gasteiger partial charge is 0.489 e. The number of para-hydroxylation sites is 1. The van der Waals surface area contributed by atoms with Crippen molar-refractivity contribution in [3.05, 3.63) is 107 Å². The van der Waals surface area contributed by atoms with Crippen LogP contribution in [0.15, 0.2) is 89.9 Å². The molecule has 0 saturated carbocycles. The SMILES string of the molecule is O=C(NCc1ccc(COc2ccccc2)cc1)Nc1ccc2c(=O)[nH]ccc2c1. The van der Waals surface area contributed by atoms with Crippen LogP contribution in [0, 0.1) is 0 Å². The molecule has 0 aliphatic rings. The van der Waals surface area contributed by atoms with Crippen molar-refractivity contribution >= 4 is 22.5 Å². The van der Waals surface area contributed by atoms with Gasteiger partial charge in [0, 0.05) is 23.8 Å². The monoisotopic (exact) mass is 399 g/mol. The first-order chi connectivity index (χ1) is 14.7. The van der Waals surface area contributed by atoms with E-state index in [-0.39, 0.29) is 11.6 Å². The van der Waals surface area contributed by atoms with Gasteiger partial charge in [0.25, 0.3) is 5.56 Å². The van der Waals surface area contributed by atoms with Gasteiger partial charge in [-0.05, 0) is 52.9 Å². The third-order valence-corrected chi connectivity index (χ3v) is 4.66. The molecule has 0 atom stereocenters. The van der Waals surface area contributed by atoms with E-state index < -0.39 is 0 Å². The summed E-state index contributed by atoms with van der Waals surface area (Å²) in [4.78, 5) is 26.6. The molecule has 150 valence electrons. The summed E-state index contributed by atoms with van der Waals surface area (Å²) in [5.74, 6) is 0.832. The fourth-order valence-electron chi connectivity index (χ4n) is 3.06. The van der Waals surface area contributed by atoms with Crippen LogP contribution in [0.5, 0.6) is 5.75 Å². The molecular formula is C24H21N3O3. The summed E-state index contributed by atoms with van der Waals surface area (Å²) in [7, 11) is 0. The lowest BCUT2D eigenvalue weighted by Crippen LogP contribution is -2.28. The molecule has 30 heavy (non-hydrogen) atoms. The van der Waals surface area contributed by atoms with Crippen molar-refractivity contribution in [1.29, 1.82) is 0 Å². The van der Waals surface area contributed by atoms with Gasteiger partial charge in [-0.3, -0.25) is 4.79 Å². The average Bonchev–Trinajstić information content (AvgIpc) is 2.78. The maximum Gasteiger partial charge on any atom is 0.319 e. The Morgan fingerprint density at radius 1 is 0.900 bits per heavy atom. The Labute approximate surface area is 173 Å². The molecule has 0 radical (unpaired) electrons. The summed E-state index contributed by atoms with van der Waals surface area (Å²) in [5, 5.41) is 6.98. The number of rotatable bonds is 6. The van der Waals surface area contributed by atoms with Crippen LogP contribution in [0.25, 0.3) is 10.8 Å². The average molecular weight is 399 g/mol. The number of aromatic amines is 1. The van der Waals surface area contributed by atoms with Crippen molar-refractivity contribution in [1.82, 2.24) is 10.3 Å². The Balaban J connectivity index is 1.29. The third-order valence-electron chi connectivity index (χ3n) is 4.66. The number of nitrogens with one attached hydrogen (secondary N) is 3. The lowest BCUT2D eigenvalue weighted by Gasteiger charge is -2.10. The molecule has 3 N–H and O–H groups in total. The van der Waals surface area contributed by atoms with E-state index in [1.165, 1.54) is 0 Å². The number of pyridine rings is 1. The summed E-state index contributed by atoms with van der Waals surface area (Å²) < 4.78 is 5.73. The van der Waals surface area contributed by atoms with Crippen LogP contribution in [-0.4, -0.2) is 11.0 Å². The van der Waals surface area contributed by atoms with E-state index in [1.807, 2.05) is 54.6 Å². The first kappa shape index (κ1) is 19.3. The molecule has 0 aliphatic carbocycles. The summed E-state index contributed by atoms with van der Waals surface area (Å²) in [6, 6.07) is 24.2. The minimum absolute atomic E-state index is 0.152. The summed E-state index contributed by atoms with van der Waals surface area (Å²) in [6.45, 7) is 0.891. The minimum Gasteiger partial charge on any atom is -0.489 e. The topological polar surface area (TPSA) is 83.2 Å². The lowest BCUT2D eigenvalue weighted by molar-refractivity contribution is 0.251. The molecule has 4 rings (SSSR count). The zero-order valence-electron chi connectivity index (χ0n) is 16.2. The van der Waals surface area contributed by atoms with Crippen molar-refractivity contribution in [3.8, 4) is 5.75 Å². The number of carbonyl (C=O) groups is 1. The zero-order chi connectivity index (χ0) is 20.8. The van der Waals surface area contributed by atoms with Gasteiger partial charge >= 0.3 is 6.03 Å². The molecule has 0 fully saturated rings. The fourth-order valence-corrected chi connectivity index (χ4v) is 3.06. The zero-order valence-corrected chi connectivity index (χ0v) is 16.2. The predicted octanol–water partition coefficient (Wildman–Crippen LogP) is 4.43. The highest BCUT2D eigenvalue weighted by Gasteiger charge is 2.05. The molecule has 0 unspecified atom stereocenters. The second-order valence-electron chi connectivity index (χ2n) is 6.83. The van der Waals surface area contributed by atoms with E-state index in [9.17, 15) is 9.59 Å². The van der Waals surface area contributed by atoms with Crippen molar-refractivity contribution in [2.75, 3.05) is 5.32 Å². The first-order valence-corrected chi connectivity index (χ1v) is 9.59. The van der Waals surface area contributed by atoms with Gasteiger partial charge in [-0.25, -0.2) is 4.79 Å². The first-order valence-electron chi connectivity index (χ1n) is 9.59. The second-order valence-corrected chi connectivity index (χ2v) is 6.83. The molecule has 0 saturated heterocycles. The van der Waals surface area contributed by atoms with Gasteiger partial charge in [0.15, 0.2) is 0 Å². The molecule has 0 aliphatic heterocycles. The van der Waals surface area contributed by atoms with E-state index >= 15 is 0 Å². The molecule has 0 bridgehead atoms. The Morgan fingerprint density at radius 3 is 2.47 bits per heavy atom. The second kappa shape index (κ2) is 8.96. The van der Waals surface area contributed by atoms with Crippen molar-refractivity contribution < 1.29 is 9.53 Å². The van der Waals surface area contributed by atoms with Crippen molar-refractivity contribution in [2.24, 2.45) is 0 Å². The van der Waals surface area contributed by atoms with E-state index in [2.05, 4.69) is 15.6 Å². The van der Waals surface area contributed by atoms with E-state index in [0.717, 1.165) is 22.3 Å². The van der Waals surface area contributed by atoms with E-state index in [4.69, 9.17) is 4.74 Å². The van der Waals surface area contributed by atoms with Crippen molar-refractivity contribution in [3.63, 3.8) is 0 Å². The molecule has 1 aromatic heterocycles. The van der Waals surface area contributed by atoms with Crippen LogP contribution in [0.2, 0.25) is 0 Å². The molecule has 6 heteroatoms. The number of urea groups is 1. The Hall–Kier alpha value is -4.06. The highest BCUT2D eigenvalue weighted by Crippen LogP contribution is 2.16. The number of carbonyl (C=O) groups excluding carboxylic acids is 1. The number of fused-ring (bicyclic) bond motifs is 1. The number of hydrogen-bond donors (Lipinski definition) is 3. The number of hydrogen-bond acceptors (Lipinski definition) is 3. The highest BCUT2D eigenvalue weighted by atomic mass is 16.5. The van der Waals surface area contributed by atoms with Crippen LogP contribution < -0.4 is 20.9 Å². The van der Waals surface area contributed by atoms with Crippen LogP contribution in [0.3, 0.4) is 0 Å². The highest BCUT2D eigenvalue weighted by molar-refractivity contribution is 5.93. The molecule has 0 spiro atoms. The van der Waals surface area contributed by atoms with Gasteiger partial charge in [-0.2, -0.15) is 0 Å². The maximum atomic E-state index is 12.2. The van der Waals surface area contributed by atoms with Gasteiger partial charge in [-0.1, -0.05) is 42.5 Å². The van der Waals surface area contributed by atoms with Gasteiger partial charge in [-0.15, -0.1) is 0 Å². The number of ether oxygens (including phenoxy) is 1. The number of benzene rings is 3. The van der Waals surface area contributed by atoms with Gasteiger partial charge in [0.05, 0.1) is 0 Å². The van der Waals surface area contributed by atoms with Crippen LogP contribution in [0.1, 0.15) is 11.1 Å². The minimum atomic E-state index is -0.310. The normalized spacial score (nSPS) is 10.5. The molecule has 1 heterocycles. The summed E-state index contributed by atoms with van der Waals surface area (Å²) >= 11 is 0. The van der Waals surface area contributed by atoms with Crippen LogP contribution in [-0.2, 0) is 13.2 Å². The van der Waals surface area contributed by atoms with E-state index in [0.29, 0.717) is 24.2 Å². The molecular weight excluding hydrogens is 378 g/mol. The number of aromatic nitrogens is 1. The molecule has 2 amide bonds. The fraction of sp³-hybridized carbons (Fsp3) is 0.0833. The van der Waals surface area contributed by atoms with Crippen molar-refractivity contribution in [2.45, 2.75) is 13.2 Å². The van der Waals surface area contributed by atoms with Gasteiger partial charge in [0.2, 0.25) is 0 Å². The van der Waals surface area contributed by atoms with Crippen LogP contribution in [0.4, 0.5) is 10.5 Å². The summed E-state index contributed by atoms with van der Waals surface area (Å²) in [6.07, 6.45) is 1.59.